The number of nitrogen functional groups attached to an aromatic ring is 1. The average molecular weight is 619 g/mol. The Bertz CT molecular complexity index is 1130. The Morgan fingerprint density at radius 1 is 1.26 bits per heavy atom. The molecule has 2 heterocycles. The van der Waals surface area contributed by atoms with Gasteiger partial charge in [0, 0.05) is 66.1 Å². The number of aromatic nitrogens is 3. The molecule has 0 atom stereocenters. The van der Waals surface area contributed by atoms with Crippen LogP contribution < -0.4 is 15.8 Å². The molecule has 12 heteroatoms. The molecular weight excluding hydrogens is 593 g/mol. The number of hydrogen-bond donors (Lipinski definition) is 3. The number of benzene rings is 2. The van der Waals surface area contributed by atoms with Gasteiger partial charge in [-0.15, -0.1) is 5.10 Å². The smallest absolute Gasteiger partial charge is 0.322 e. The third-order valence-electron chi connectivity index (χ3n) is 5.75. The van der Waals surface area contributed by atoms with E-state index in [1.165, 1.54) is 6.07 Å². The number of likely N-dealkylation sites (tertiary alicyclic amines) is 1. The van der Waals surface area contributed by atoms with Gasteiger partial charge < -0.3 is 25.4 Å². The molecule has 4 N–H and O–H groups in total. The number of hydrogen-bond acceptors (Lipinski definition) is 7. The van der Waals surface area contributed by atoms with Gasteiger partial charge in [-0.25, -0.2) is 5.10 Å². The minimum atomic E-state index is -3.17. The second-order valence-corrected chi connectivity index (χ2v) is 9.99. The summed E-state index contributed by atoms with van der Waals surface area (Å²) in [5.74, 6) is 0.956. The summed E-state index contributed by atoms with van der Waals surface area (Å²) < 4.78 is 37.3. The maximum Gasteiger partial charge on any atom is 0.322 e. The number of nitrogens with one attached hydrogen (secondary N) is 2. The van der Waals surface area contributed by atoms with Crippen molar-refractivity contribution in [2.45, 2.75) is 22.9 Å². The van der Waals surface area contributed by atoms with Crippen LogP contribution in [0, 0.1) is 0 Å². The van der Waals surface area contributed by atoms with Crippen LogP contribution in [0.25, 0.3) is 11.1 Å². The summed E-state index contributed by atoms with van der Waals surface area (Å²) in [6.45, 7) is 3.55. The van der Waals surface area contributed by atoms with Gasteiger partial charge in [0.15, 0.2) is 0 Å². The summed E-state index contributed by atoms with van der Waals surface area (Å²) >= 11 is 7.60. The first-order valence-electron chi connectivity index (χ1n) is 11.1. The Morgan fingerprint density at radius 2 is 1.97 bits per heavy atom. The third kappa shape index (κ3) is 6.72. The van der Waals surface area contributed by atoms with Crippen LogP contribution in [-0.2, 0) is 8.67 Å². The number of nitrogens with two attached hydrogens (primary N) is 1. The zero-order chi connectivity index (χ0) is 25.0. The third-order valence-corrected chi connectivity index (χ3v) is 6.63. The van der Waals surface area contributed by atoms with Gasteiger partial charge in [0.2, 0.25) is 11.9 Å². The van der Waals surface area contributed by atoms with E-state index in [1.807, 2.05) is 0 Å². The Balaban J connectivity index is 1.50. The normalized spacial score (nSPS) is 15.3. The van der Waals surface area contributed by atoms with E-state index >= 15 is 0 Å². The van der Waals surface area contributed by atoms with Crippen molar-refractivity contribution in [2.75, 3.05) is 44.4 Å². The van der Waals surface area contributed by atoms with Gasteiger partial charge >= 0.3 is 3.93 Å². The summed E-state index contributed by atoms with van der Waals surface area (Å²) in [6, 6.07) is 9.97. The van der Waals surface area contributed by atoms with Crippen molar-refractivity contribution in [1.82, 2.24) is 20.1 Å². The quantitative estimate of drug-likeness (QED) is 0.217. The number of rotatable bonds is 9. The fourth-order valence-corrected chi connectivity index (χ4v) is 4.77. The number of anilines is 3. The zero-order valence-electron chi connectivity index (χ0n) is 19.0. The van der Waals surface area contributed by atoms with Crippen molar-refractivity contribution in [1.29, 1.82) is 0 Å². The fraction of sp³-hybridized carbons (Fsp3) is 0.391. The molecule has 0 unspecified atom stereocenters. The fourth-order valence-electron chi connectivity index (χ4n) is 4.02. The lowest BCUT2D eigenvalue weighted by molar-refractivity contribution is 0.0797. The van der Waals surface area contributed by atoms with Crippen molar-refractivity contribution in [3.63, 3.8) is 0 Å². The standard InChI is InChI=1S/C23H26ClF2IN6O2/c1-34-11-10-33-8-6-17(7-9-33)35-16-4-2-14(3-5-16)20-18(23(25,26)27)12-15(13-19(20)24)29-22-30-21(28)31-32-22/h2-5,12-13,17H,6-11H2,1H3,(H4,28,29,30,31,32). The highest BCUT2D eigenvalue weighted by Crippen LogP contribution is 2.46. The van der Waals surface area contributed by atoms with E-state index in [2.05, 4.69) is 25.4 Å². The first-order chi connectivity index (χ1) is 16.7. The van der Waals surface area contributed by atoms with Crippen LogP contribution in [0.5, 0.6) is 5.75 Å². The van der Waals surface area contributed by atoms with Crippen LogP contribution in [0.1, 0.15) is 18.4 Å². The van der Waals surface area contributed by atoms with Crippen molar-refractivity contribution in [3.8, 4) is 16.9 Å². The van der Waals surface area contributed by atoms with Crippen molar-refractivity contribution in [3.05, 3.63) is 47.0 Å². The molecule has 0 bridgehead atoms. The van der Waals surface area contributed by atoms with Gasteiger partial charge in [-0.3, -0.25) is 0 Å². The van der Waals surface area contributed by atoms with E-state index < -0.39 is 3.93 Å². The van der Waals surface area contributed by atoms with E-state index in [9.17, 15) is 8.78 Å². The highest BCUT2D eigenvalue weighted by atomic mass is 127. The lowest BCUT2D eigenvalue weighted by atomic mass is 9.98. The van der Waals surface area contributed by atoms with E-state index in [0.29, 0.717) is 17.0 Å². The molecule has 0 saturated carbocycles. The summed E-state index contributed by atoms with van der Waals surface area (Å²) in [5, 5.41) is 9.35. The minimum Gasteiger partial charge on any atom is -0.490 e. The van der Waals surface area contributed by atoms with Gasteiger partial charge in [0.1, 0.15) is 11.9 Å². The van der Waals surface area contributed by atoms with E-state index in [1.54, 1.807) is 37.4 Å². The number of ether oxygens (including phenoxy) is 2. The molecular formula is C23H26ClF2IN6O2. The summed E-state index contributed by atoms with van der Waals surface area (Å²) in [6.07, 6.45) is 1.97. The first-order valence-corrected chi connectivity index (χ1v) is 12.5. The monoisotopic (exact) mass is 618 g/mol. The maximum atomic E-state index is 14.6. The zero-order valence-corrected chi connectivity index (χ0v) is 21.9. The second-order valence-electron chi connectivity index (χ2n) is 8.22. The van der Waals surface area contributed by atoms with Crippen LogP contribution in [0.15, 0.2) is 36.4 Å². The molecule has 0 amide bonds. The summed E-state index contributed by atoms with van der Waals surface area (Å²) in [5.41, 5.74) is 6.44. The molecule has 8 nitrogen and oxygen atoms in total. The molecule has 35 heavy (non-hydrogen) atoms. The van der Waals surface area contributed by atoms with Crippen molar-refractivity contribution >= 4 is 51.8 Å². The molecule has 0 radical (unpaired) electrons. The lowest BCUT2D eigenvalue weighted by Crippen LogP contribution is -2.39. The first kappa shape index (κ1) is 25.9. The minimum absolute atomic E-state index is 0.105. The van der Waals surface area contributed by atoms with Crippen LogP contribution >= 0.6 is 34.2 Å². The van der Waals surface area contributed by atoms with Crippen molar-refractivity contribution < 1.29 is 18.3 Å². The van der Waals surface area contributed by atoms with Crippen LogP contribution in [-0.4, -0.2) is 59.5 Å². The van der Waals surface area contributed by atoms with Crippen molar-refractivity contribution in [2.24, 2.45) is 0 Å². The summed E-state index contributed by atoms with van der Waals surface area (Å²) in [7, 11) is 1.71. The Labute approximate surface area is 220 Å². The van der Waals surface area contributed by atoms with Crippen LogP contribution in [0.2, 0.25) is 5.02 Å². The van der Waals surface area contributed by atoms with Gasteiger partial charge in [-0.1, -0.05) is 23.7 Å². The molecule has 1 aliphatic heterocycles. The molecule has 1 aromatic heterocycles. The largest absolute Gasteiger partial charge is 0.490 e. The molecule has 0 spiro atoms. The molecule has 188 valence electrons. The number of H-pyrrole nitrogens is 1. The van der Waals surface area contributed by atoms with Gasteiger partial charge in [-0.05, 0) is 42.7 Å². The topological polar surface area (TPSA) is 101 Å². The van der Waals surface area contributed by atoms with Gasteiger partial charge in [-0.2, -0.15) is 13.8 Å². The molecule has 1 saturated heterocycles. The Hall–Kier alpha value is -2.22. The molecule has 2 aromatic carbocycles. The number of nitrogens with zero attached hydrogens (tertiary/aromatic N) is 3. The Kier molecular flexibility index (Phi) is 8.30. The lowest BCUT2D eigenvalue weighted by Gasteiger charge is -2.31. The predicted octanol–water partition coefficient (Wildman–Crippen LogP) is 5.42. The molecule has 1 aliphatic rings. The van der Waals surface area contributed by atoms with Crippen LogP contribution in [0.3, 0.4) is 0 Å². The van der Waals surface area contributed by atoms with Crippen LogP contribution in [0.4, 0.5) is 26.4 Å². The maximum absolute atomic E-state index is 14.6. The van der Waals surface area contributed by atoms with Gasteiger partial charge in [0.05, 0.1) is 11.6 Å². The number of alkyl halides is 3. The predicted molar refractivity (Wildman–Crippen MR) is 141 cm³/mol. The highest BCUT2D eigenvalue weighted by Gasteiger charge is 2.32. The molecule has 0 aliphatic carbocycles. The number of halogens is 4. The van der Waals surface area contributed by atoms with Gasteiger partial charge in [0.25, 0.3) is 0 Å². The number of methoxy groups -OCH3 is 1. The average Bonchev–Trinajstić information content (AvgIpc) is 3.23. The van der Waals surface area contributed by atoms with E-state index in [0.717, 1.165) is 61.7 Å². The second kappa shape index (κ2) is 11.2. The SMILES string of the molecule is COCCN1CCC(Oc2ccc(-c3c(Cl)cc(Nc4n[nH]c(N)n4)cc3C(F)(F)I)cc2)CC1. The molecule has 4 rings (SSSR count). The molecule has 3 aromatic rings. The highest BCUT2D eigenvalue weighted by molar-refractivity contribution is 14.1. The van der Waals surface area contributed by atoms with E-state index in [-0.39, 0.29) is 34.2 Å². The number of aromatic amines is 1. The Morgan fingerprint density at radius 3 is 2.57 bits per heavy atom. The molecule has 1 fully saturated rings. The van der Waals surface area contributed by atoms with E-state index in [4.69, 9.17) is 26.8 Å². The number of piperidine rings is 1. The summed E-state index contributed by atoms with van der Waals surface area (Å²) in [4.78, 5) is 6.29.